The third-order valence-electron chi connectivity index (χ3n) is 5.47. The molecule has 2 aromatic carbocycles. The van der Waals surface area contributed by atoms with Gasteiger partial charge in [0, 0.05) is 30.1 Å². The van der Waals surface area contributed by atoms with Crippen LogP contribution < -0.4 is 0 Å². The molecule has 5 rings (SSSR count). The lowest BCUT2D eigenvalue weighted by atomic mass is 10.0. The van der Waals surface area contributed by atoms with Gasteiger partial charge in [-0.3, -0.25) is 0 Å². The third-order valence-corrected chi connectivity index (χ3v) is 5.47. The molecule has 0 saturated carbocycles. The van der Waals surface area contributed by atoms with E-state index in [2.05, 4.69) is 10.3 Å². The van der Waals surface area contributed by atoms with Crippen molar-refractivity contribution in [1.29, 1.82) is 0 Å². The highest BCUT2D eigenvalue weighted by Gasteiger charge is 2.25. The maximum absolute atomic E-state index is 14.4. The van der Waals surface area contributed by atoms with Gasteiger partial charge in [-0.15, -0.1) is 5.10 Å². The minimum Gasteiger partial charge on any atom is -0.340 e. The predicted octanol–water partition coefficient (Wildman–Crippen LogP) is 4.43. The Morgan fingerprint density at radius 1 is 1.04 bits per heavy atom. The average molecular weight is 382 g/mol. The lowest BCUT2D eigenvalue weighted by Crippen LogP contribution is -2.25. The standard InChI is InChI=1S/C21H17F3N4/c22-15-5-4-13(20(24)10-15)8-18-11-25-26-28(18)17-7-6-16-9-14-2-1-3-19(23)21(14)27(16)12-17/h1-5,9-11,17H,6-8,12H2. The first-order valence-corrected chi connectivity index (χ1v) is 9.20. The fourth-order valence-electron chi connectivity index (χ4n) is 4.13. The smallest absolute Gasteiger partial charge is 0.147 e. The highest BCUT2D eigenvalue weighted by molar-refractivity contribution is 5.82. The van der Waals surface area contributed by atoms with Gasteiger partial charge < -0.3 is 4.57 Å². The molecule has 0 saturated heterocycles. The minimum atomic E-state index is -0.603. The summed E-state index contributed by atoms with van der Waals surface area (Å²) in [7, 11) is 0. The van der Waals surface area contributed by atoms with E-state index in [-0.39, 0.29) is 18.3 Å². The molecule has 0 N–H and O–H groups in total. The Morgan fingerprint density at radius 3 is 2.79 bits per heavy atom. The zero-order chi connectivity index (χ0) is 19.3. The highest BCUT2D eigenvalue weighted by atomic mass is 19.1. The van der Waals surface area contributed by atoms with E-state index in [0.29, 0.717) is 17.6 Å². The van der Waals surface area contributed by atoms with Crippen molar-refractivity contribution in [2.24, 2.45) is 0 Å². The molecule has 4 nitrogen and oxygen atoms in total. The van der Waals surface area contributed by atoms with Gasteiger partial charge in [0.15, 0.2) is 0 Å². The molecule has 28 heavy (non-hydrogen) atoms. The summed E-state index contributed by atoms with van der Waals surface area (Å²) in [5.74, 6) is -1.43. The van der Waals surface area contributed by atoms with Crippen LogP contribution in [0.3, 0.4) is 0 Å². The van der Waals surface area contributed by atoms with Crippen LogP contribution in [0.25, 0.3) is 10.9 Å². The van der Waals surface area contributed by atoms with Crippen molar-refractivity contribution in [2.75, 3.05) is 0 Å². The molecule has 1 aliphatic rings. The summed E-state index contributed by atoms with van der Waals surface area (Å²) in [5.41, 5.74) is 2.84. The first-order chi connectivity index (χ1) is 13.6. The van der Waals surface area contributed by atoms with Gasteiger partial charge in [-0.1, -0.05) is 23.4 Å². The quantitative estimate of drug-likeness (QED) is 0.526. The molecular weight excluding hydrogens is 365 g/mol. The second-order valence-corrected chi connectivity index (χ2v) is 7.20. The largest absolute Gasteiger partial charge is 0.340 e. The number of fused-ring (bicyclic) bond motifs is 3. The van der Waals surface area contributed by atoms with E-state index in [9.17, 15) is 13.2 Å². The maximum Gasteiger partial charge on any atom is 0.147 e. The number of benzene rings is 2. The first-order valence-electron chi connectivity index (χ1n) is 9.20. The number of halogens is 3. The number of aromatic nitrogens is 4. The normalized spacial score (nSPS) is 16.5. The number of hydrogen-bond donors (Lipinski definition) is 0. The van der Waals surface area contributed by atoms with Crippen LogP contribution >= 0.6 is 0 Å². The number of rotatable bonds is 3. The van der Waals surface area contributed by atoms with Crippen molar-refractivity contribution < 1.29 is 13.2 Å². The monoisotopic (exact) mass is 382 g/mol. The van der Waals surface area contributed by atoms with Crippen LogP contribution in [-0.2, 0) is 19.4 Å². The van der Waals surface area contributed by atoms with Gasteiger partial charge in [-0.05, 0) is 36.6 Å². The maximum atomic E-state index is 14.4. The van der Waals surface area contributed by atoms with Crippen molar-refractivity contribution in [3.05, 3.63) is 83.1 Å². The van der Waals surface area contributed by atoms with Gasteiger partial charge in [0.2, 0.25) is 0 Å². The highest BCUT2D eigenvalue weighted by Crippen LogP contribution is 2.32. The van der Waals surface area contributed by atoms with E-state index in [1.165, 1.54) is 18.2 Å². The molecule has 0 radical (unpaired) electrons. The summed E-state index contributed by atoms with van der Waals surface area (Å²) in [5, 5.41) is 9.09. The average Bonchev–Trinajstić information content (AvgIpc) is 3.28. The molecule has 4 aromatic rings. The van der Waals surface area contributed by atoms with Crippen LogP contribution in [0.4, 0.5) is 13.2 Å². The summed E-state index contributed by atoms with van der Waals surface area (Å²) in [6, 6.07) is 10.7. The van der Waals surface area contributed by atoms with Gasteiger partial charge in [-0.2, -0.15) is 0 Å². The van der Waals surface area contributed by atoms with Crippen LogP contribution in [-0.4, -0.2) is 19.6 Å². The number of para-hydroxylation sites is 1. The molecule has 0 aliphatic carbocycles. The van der Waals surface area contributed by atoms with Crippen molar-refractivity contribution in [1.82, 2.24) is 19.6 Å². The van der Waals surface area contributed by atoms with Crippen molar-refractivity contribution in [3.8, 4) is 0 Å². The van der Waals surface area contributed by atoms with Crippen LogP contribution in [0.5, 0.6) is 0 Å². The summed E-state index contributed by atoms with van der Waals surface area (Å²) >= 11 is 0. The first kappa shape index (κ1) is 17.0. The molecule has 0 amide bonds. The lowest BCUT2D eigenvalue weighted by molar-refractivity contribution is 0.329. The van der Waals surface area contributed by atoms with E-state index >= 15 is 0 Å². The molecule has 1 atom stereocenters. The fraction of sp³-hybridized carbons (Fsp3) is 0.238. The van der Waals surface area contributed by atoms with Gasteiger partial charge in [-0.25, -0.2) is 17.9 Å². The summed E-state index contributed by atoms with van der Waals surface area (Å²) in [6.45, 7) is 0.571. The molecule has 1 unspecified atom stereocenters. The Labute approximate surface area is 159 Å². The molecule has 2 aromatic heterocycles. The molecular formula is C21H17F3N4. The number of nitrogens with zero attached hydrogens (tertiary/aromatic N) is 4. The summed E-state index contributed by atoms with van der Waals surface area (Å²) < 4.78 is 45.4. The van der Waals surface area contributed by atoms with E-state index in [0.717, 1.165) is 35.7 Å². The van der Waals surface area contributed by atoms with Crippen LogP contribution in [0.1, 0.15) is 29.4 Å². The molecule has 0 spiro atoms. The molecule has 0 fully saturated rings. The predicted molar refractivity (Wildman–Crippen MR) is 98.4 cm³/mol. The third kappa shape index (κ3) is 2.78. The van der Waals surface area contributed by atoms with E-state index in [1.54, 1.807) is 16.9 Å². The van der Waals surface area contributed by atoms with Crippen LogP contribution in [0.2, 0.25) is 0 Å². The van der Waals surface area contributed by atoms with Gasteiger partial charge >= 0.3 is 0 Å². The SMILES string of the molecule is Fc1ccc(Cc2cnnn2C2CCc3cc4cccc(F)c4n3C2)c(F)c1. The number of hydrogen-bond acceptors (Lipinski definition) is 2. The fourth-order valence-corrected chi connectivity index (χ4v) is 4.13. The van der Waals surface area contributed by atoms with Gasteiger partial charge in [0.1, 0.15) is 17.5 Å². The Hall–Kier alpha value is -3.09. The topological polar surface area (TPSA) is 35.6 Å². The second-order valence-electron chi connectivity index (χ2n) is 7.20. The van der Waals surface area contributed by atoms with Crippen molar-refractivity contribution in [3.63, 3.8) is 0 Å². The molecule has 1 aliphatic heterocycles. The zero-order valence-electron chi connectivity index (χ0n) is 14.9. The van der Waals surface area contributed by atoms with E-state index < -0.39 is 11.6 Å². The Morgan fingerprint density at radius 2 is 1.93 bits per heavy atom. The Bertz CT molecular complexity index is 1180. The zero-order valence-corrected chi connectivity index (χ0v) is 14.9. The van der Waals surface area contributed by atoms with Crippen molar-refractivity contribution in [2.45, 2.75) is 31.8 Å². The lowest BCUT2D eigenvalue weighted by Gasteiger charge is -2.26. The summed E-state index contributed by atoms with van der Waals surface area (Å²) in [6.07, 6.45) is 3.50. The van der Waals surface area contributed by atoms with Crippen molar-refractivity contribution >= 4 is 10.9 Å². The Balaban J connectivity index is 1.47. The van der Waals surface area contributed by atoms with Crippen LogP contribution in [0, 0.1) is 17.5 Å². The van der Waals surface area contributed by atoms with Gasteiger partial charge in [0.05, 0.1) is 23.4 Å². The molecule has 3 heterocycles. The van der Waals surface area contributed by atoms with Crippen LogP contribution in [0.15, 0.2) is 48.7 Å². The minimum absolute atomic E-state index is 0.0104. The second kappa shape index (κ2) is 6.51. The summed E-state index contributed by atoms with van der Waals surface area (Å²) in [4.78, 5) is 0. The van der Waals surface area contributed by atoms with E-state index in [1.807, 2.05) is 16.7 Å². The Kier molecular flexibility index (Phi) is 3.96. The van der Waals surface area contributed by atoms with Gasteiger partial charge in [0.25, 0.3) is 0 Å². The molecule has 7 heteroatoms. The molecule has 0 bridgehead atoms. The number of aryl methyl sites for hydroxylation is 1. The molecule has 142 valence electrons. The van der Waals surface area contributed by atoms with E-state index in [4.69, 9.17) is 0 Å².